The van der Waals surface area contributed by atoms with Gasteiger partial charge in [-0.3, -0.25) is 4.90 Å². The SMILES string of the molecule is COc1cccc(N2CCN(C3c4ccccc4Cc4c3c(OC)nc3c(Br)cccc43)CC2)c1. The first kappa shape index (κ1) is 22.4. The summed E-state index contributed by atoms with van der Waals surface area (Å²) in [5, 5.41) is 1.20. The molecule has 4 aromatic rings. The Hall–Kier alpha value is -3.09. The van der Waals surface area contributed by atoms with Crippen molar-refractivity contribution in [2.45, 2.75) is 12.5 Å². The van der Waals surface area contributed by atoms with Crippen LogP contribution in [-0.4, -0.2) is 50.3 Å². The number of hydrogen-bond donors (Lipinski definition) is 0. The average molecular weight is 530 g/mol. The van der Waals surface area contributed by atoms with Gasteiger partial charge in [0.2, 0.25) is 5.88 Å². The van der Waals surface area contributed by atoms with Crippen molar-refractivity contribution in [1.29, 1.82) is 0 Å². The highest BCUT2D eigenvalue weighted by Crippen LogP contribution is 2.46. The molecule has 2 aliphatic rings. The quantitative estimate of drug-likeness (QED) is 0.332. The zero-order valence-corrected chi connectivity index (χ0v) is 21.6. The third-order valence-electron chi connectivity index (χ3n) is 7.36. The second-order valence-corrected chi connectivity index (χ2v) is 10.0. The maximum Gasteiger partial charge on any atom is 0.219 e. The molecule has 0 saturated carbocycles. The fourth-order valence-electron chi connectivity index (χ4n) is 5.67. The molecule has 35 heavy (non-hydrogen) atoms. The van der Waals surface area contributed by atoms with E-state index >= 15 is 0 Å². The summed E-state index contributed by atoms with van der Waals surface area (Å²) in [6.07, 6.45) is 0.887. The number of halogens is 1. The van der Waals surface area contributed by atoms with Crippen LogP contribution in [0.2, 0.25) is 0 Å². The maximum atomic E-state index is 5.94. The molecule has 0 bridgehead atoms. The first-order valence-electron chi connectivity index (χ1n) is 12.0. The van der Waals surface area contributed by atoms with Crippen molar-refractivity contribution in [3.8, 4) is 11.6 Å². The highest BCUT2D eigenvalue weighted by atomic mass is 79.9. The molecule has 1 unspecified atom stereocenters. The monoisotopic (exact) mass is 529 g/mol. The minimum absolute atomic E-state index is 0.119. The van der Waals surface area contributed by atoms with Crippen LogP contribution in [0.1, 0.15) is 28.3 Å². The summed E-state index contributed by atoms with van der Waals surface area (Å²) >= 11 is 3.71. The number of para-hydroxylation sites is 1. The fraction of sp³-hybridized carbons (Fsp3) is 0.276. The number of aromatic nitrogens is 1. The van der Waals surface area contributed by atoms with Crippen LogP contribution in [-0.2, 0) is 6.42 Å². The molecule has 1 fully saturated rings. The Bertz CT molecular complexity index is 1400. The smallest absolute Gasteiger partial charge is 0.219 e. The minimum atomic E-state index is 0.119. The Morgan fingerprint density at radius 2 is 1.69 bits per heavy atom. The van der Waals surface area contributed by atoms with Crippen molar-refractivity contribution < 1.29 is 9.47 Å². The second kappa shape index (κ2) is 9.17. The van der Waals surface area contributed by atoms with E-state index in [-0.39, 0.29) is 6.04 Å². The lowest BCUT2D eigenvalue weighted by atomic mass is 9.80. The molecule has 0 radical (unpaired) electrons. The molecule has 6 heteroatoms. The van der Waals surface area contributed by atoms with E-state index in [0.717, 1.165) is 54.2 Å². The van der Waals surface area contributed by atoms with Gasteiger partial charge in [0, 0.05) is 53.4 Å². The second-order valence-electron chi connectivity index (χ2n) is 9.15. The lowest BCUT2D eigenvalue weighted by molar-refractivity contribution is 0.205. The molecule has 3 aromatic carbocycles. The van der Waals surface area contributed by atoms with E-state index in [9.17, 15) is 0 Å². The Morgan fingerprint density at radius 1 is 0.886 bits per heavy atom. The third kappa shape index (κ3) is 3.85. The summed E-state index contributed by atoms with van der Waals surface area (Å²) in [7, 11) is 3.46. The van der Waals surface area contributed by atoms with E-state index in [2.05, 4.69) is 80.3 Å². The fourth-order valence-corrected chi connectivity index (χ4v) is 6.12. The zero-order chi connectivity index (χ0) is 23.9. The van der Waals surface area contributed by atoms with Gasteiger partial charge in [0.25, 0.3) is 0 Å². The first-order valence-corrected chi connectivity index (χ1v) is 12.8. The van der Waals surface area contributed by atoms with Gasteiger partial charge < -0.3 is 14.4 Å². The van der Waals surface area contributed by atoms with Crippen molar-refractivity contribution in [2.24, 2.45) is 0 Å². The normalized spacial score (nSPS) is 17.7. The number of fused-ring (bicyclic) bond motifs is 4. The minimum Gasteiger partial charge on any atom is -0.497 e. The number of piperazine rings is 1. The summed E-state index contributed by atoms with van der Waals surface area (Å²) in [4.78, 5) is 10.0. The van der Waals surface area contributed by atoms with E-state index in [1.54, 1.807) is 14.2 Å². The highest BCUT2D eigenvalue weighted by Gasteiger charge is 2.36. The number of rotatable bonds is 4. The van der Waals surface area contributed by atoms with Gasteiger partial charge in [-0.15, -0.1) is 0 Å². The van der Waals surface area contributed by atoms with Crippen LogP contribution < -0.4 is 14.4 Å². The largest absolute Gasteiger partial charge is 0.497 e. The predicted molar refractivity (Wildman–Crippen MR) is 144 cm³/mol. The van der Waals surface area contributed by atoms with Crippen LogP contribution in [0, 0.1) is 0 Å². The summed E-state index contributed by atoms with van der Waals surface area (Å²) in [6, 6.07) is 23.7. The van der Waals surface area contributed by atoms with Crippen LogP contribution in [0.15, 0.2) is 71.2 Å². The summed E-state index contributed by atoms with van der Waals surface area (Å²) in [6.45, 7) is 3.82. The zero-order valence-electron chi connectivity index (χ0n) is 20.0. The Balaban J connectivity index is 1.41. The third-order valence-corrected chi connectivity index (χ3v) is 8.00. The van der Waals surface area contributed by atoms with Gasteiger partial charge >= 0.3 is 0 Å². The van der Waals surface area contributed by atoms with Crippen molar-refractivity contribution in [3.63, 3.8) is 0 Å². The molecule has 0 N–H and O–H groups in total. The number of anilines is 1. The Kier molecular flexibility index (Phi) is 5.86. The lowest BCUT2D eigenvalue weighted by Gasteiger charge is -2.43. The van der Waals surface area contributed by atoms with E-state index < -0.39 is 0 Å². The van der Waals surface area contributed by atoms with Crippen LogP contribution in [0.4, 0.5) is 5.69 Å². The first-order chi connectivity index (χ1) is 17.2. The van der Waals surface area contributed by atoms with Gasteiger partial charge in [0.05, 0.1) is 25.8 Å². The number of pyridine rings is 1. The summed E-state index contributed by atoms with van der Waals surface area (Å²) in [5.41, 5.74) is 7.46. The number of ether oxygens (including phenoxy) is 2. The lowest BCUT2D eigenvalue weighted by Crippen LogP contribution is -2.48. The molecule has 5 nitrogen and oxygen atoms in total. The highest BCUT2D eigenvalue weighted by molar-refractivity contribution is 9.10. The molecule has 1 saturated heterocycles. The number of methoxy groups -OCH3 is 2. The molecule has 2 heterocycles. The van der Waals surface area contributed by atoms with E-state index in [0.29, 0.717) is 0 Å². The molecule has 1 aliphatic carbocycles. The van der Waals surface area contributed by atoms with Crippen LogP contribution in [0.5, 0.6) is 11.6 Å². The molecule has 178 valence electrons. The van der Waals surface area contributed by atoms with Crippen molar-refractivity contribution in [1.82, 2.24) is 9.88 Å². The van der Waals surface area contributed by atoms with Gasteiger partial charge in [-0.05, 0) is 57.2 Å². The average Bonchev–Trinajstić information content (AvgIpc) is 2.92. The molecule has 6 rings (SSSR count). The van der Waals surface area contributed by atoms with Gasteiger partial charge in [-0.1, -0.05) is 42.5 Å². The standard InChI is InChI=1S/C29H28BrN3O2/c1-34-21-9-5-8-20(18-21)32-13-15-33(16-14-32)28-22-10-4-3-7-19(22)17-24-23-11-6-12-25(30)27(23)31-29(35-2)26(24)28/h3-12,18,28H,13-17H2,1-2H3. The summed E-state index contributed by atoms with van der Waals surface area (Å²) in [5.74, 6) is 1.63. The van der Waals surface area contributed by atoms with E-state index in [1.807, 2.05) is 12.1 Å². The number of nitrogens with zero attached hydrogens (tertiary/aromatic N) is 3. The van der Waals surface area contributed by atoms with Crippen molar-refractivity contribution in [2.75, 3.05) is 45.3 Å². The van der Waals surface area contributed by atoms with E-state index in [1.165, 1.54) is 33.3 Å². The van der Waals surface area contributed by atoms with Gasteiger partial charge in [0.1, 0.15) is 5.75 Å². The van der Waals surface area contributed by atoms with Gasteiger partial charge in [-0.2, -0.15) is 0 Å². The molecule has 0 amide bonds. The van der Waals surface area contributed by atoms with Crippen molar-refractivity contribution in [3.05, 3.63) is 93.5 Å². The van der Waals surface area contributed by atoms with Crippen LogP contribution >= 0.6 is 15.9 Å². The summed E-state index contributed by atoms with van der Waals surface area (Å²) < 4.78 is 12.4. The van der Waals surface area contributed by atoms with Crippen LogP contribution in [0.25, 0.3) is 10.9 Å². The van der Waals surface area contributed by atoms with E-state index in [4.69, 9.17) is 14.5 Å². The number of hydrogen-bond acceptors (Lipinski definition) is 5. The van der Waals surface area contributed by atoms with Gasteiger partial charge in [0.15, 0.2) is 0 Å². The molecular weight excluding hydrogens is 502 g/mol. The topological polar surface area (TPSA) is 37.8 Å². The van der Waals surface area contributed by atoms with Crippen molar-refractivity contribution >= 4 is 32.5 Å². The molecule has 1 atom stereocenters. The van der Waals surface area contributed by atoms with Crippen LogP contribution in [0.3, 0.4) is 0 Å². The Morgan fingerprint density at radius 3 is 2.49 bits per heavy atom. The Labute approximate surface area is 214 Å². The maximum absolute atomic E-state index is 5.94. The van der Waals surface area contributed by atoms with Gasteiger partial charge in [-0.25, -0.2) is 4.98 Å². The molecule has 0 spiro atoms. The number of benzene rings is 3. The molecular formula is C29H28BrN3O2. The predicted octanol–water partition coefficient (Wildman–Crippen LogP) is 5.83. The molecule has 1 aliphatic heterocycles. The molecule has 1 aromatic heterocycles.